The van der Waals surface area contributed by atoms with Gasteiger partial charge < -0.3 is 5.32 Å². The highest BCUT2D eigenvalue weighted by Gasteiger charge is 2.32. The number of fused-ring (bicyclic) bond motifs is 1. The van der Waals surface area contributed by atoms with Crippen molar-refractivity contribution in [1.82, 2.24) is 5.32 Å². The molecule has 3 rings (SSSR count). The molecule has 4 heteroatoms. The molecule has 0 heterocycles. The molecule has 21 heavy (non-hydrogen) atoms. The van der Waals surface area contributed by atoms with E-state index in [0.717, 1.165) is 17.5 Å². The van der Waals surface area contributed by atoms with Gasteiger partial charge in [-0.1, -0.05) is 35.9 Å². The van der Waals surface area contributed by atoms with Crippen LogP contribution in [0.15, 0.2) is 42.5 Å². The summed E-state index contributed by atoms with van der Waals surface area (Å²) in [5.41, 5.74) is 3.80. The molecule has 0 radical (unpaired) electrons. The van der Waals surface area contributed by atoms with E-state index in [1.165, 1.54) is 5.56 Å². The van der Waals surface area contributed by atoms with E-state index in [9.17, 15) is 4.79 Å². The maximum Gasteiger partial charge on any atom is 0.251 e. The van der Waals surface area contributed by atoms with Crippen LogP contribution in [0.1, 0.15) is 33.1 Å². The molecule has 2 unspecified atom stereocenters. The second-order valence-electron chi connectivity index (χ2n) is 5.33. The summed E-state index contributed by atoms with van der Waals surface area (Å²) in [4.78, 5) is 12.4. The Hall–Kier alpha value is -1.51. The average Bonchev–Trinajstić information content (AvgIpc) is 2.78. The third kappa shape index (κ3) is 2.78. The van der Waals surface area contributed by atoms with Gasteiger partial charge in [-0.3, -0.25) is 4.79 Å². The van der Waals surface area contributed by atoms with E-state index in [2.05, 4.69) is 11.4 Å². The first-order valence-electron chi connectivity index (χ1n) is 6.85. The van der Waals surface area contributed by atoms with Crippen LogP contribution < -0.4 is 5.32 Å². The molecule has 2 atom stereocenters. The summed E-state index contributed by atoms with van der Waals surface area (Å²) in [6.07, 6.45) is 0.780. The van der Waals surface area contributed by atoms with Crippen molar-refractivity contribution in [3.8, 4) is 0 Å². The Morgan fingerprint density at radius 2 is 2.00 bits per heavy atom. The van der Waals surface area contributed by atoms with E-state index in [4.69, 9.17) is 23.2 Å². The van der Waals surface area contributed by atoms with Gasteiger partial charge in [0.15, 0.2) is 0 Å². The van der Waals surface area contributed by atoms with E-state index in [0.29, 0.717) is 10.6 Å². The number of carbonyl (C=O) groups is 1. The number of carbonyl (C=O) groups excluding carboxylic acids is 1. The number of hydrogen-bond acceptors (Lipinski definition) is 1. The average molecular weight is 320 g/mol. The van der Waals surface area contributed by atoms with E-state index < -0.39 is 0 Å². The van der Waals surface area contributed by atoms with Crippen LogP contribution >= 0.6 is 23.2 Å². The molecule has 1 aliphatic rings. The summed E-state index contributed by atoms with van der Waals surface area (Å²) < 4.78 is 0. The lowest BCUT2D eigenvalue weighted by Crippen LogP contribution is -2.31. The zero-order chi connectivity index (χ0) is 15.0. The van der Waals surface area contributed by atoms with Crippen molar-refractivity contribution >= 4 is 29.1 Å². The molecule has 0 spiro atoms. The Morgan fingerprint density at radius 1 is 1.24 bits per heavy atom. The van der Waals surface area contributed by atoms with Gasteiger partial charge in [-0.25, -0.2) is 0 Å². The lowest BCUT2D eigenvalue weighted by Gasteiger charge is -2.17. The van der Waals surface area contributed by atoms with E-state index in [1.807, 2.05) is 25.1 Å². The van der Waals surface area contributed by atoms with Gasteiger partial charge in [-0.05, 0) is 48.2 Å². The van der Waals surface area contributed by atoms with Crippen molar-refractivity contribution in [3.63, 3.8) is 0 Å². The van der Waals surface area contributed by atoms with Gasteiger partial charge in [0.2, 0.25) is 0 Å². The second kappa shape index (κ2) is 5.70. The molecule has 108 valence electrons. The number of alkyl halides is 1. The molecule has 0 bridgehead atoms. The third-order valence-corrected chi connectivity index (χ3v) is 4.70. The van der Waals surface area contributed by atoms with Crippen molar-refractivity contribution in [2.24, 2.45) is 0 Å². The predicted octanol–water partition coefficient (Wildman–Crippen LogP) is 4.28. The van der Waals surface area contributed by atoms with Crippen LogP contribution in [0.4, 0.5) is 0 Å². The molecule has 0 fully saturated rings. The van der Waals surface area contributed by atoms with Crippen LogP contribution in [0.3, 0.4) is 0 Å². The fourth-order valence-electron chi connectivity index (χ4n) is 2.72. The summed E-state index contributed by atoms with van der Waals surface area (Å²) >= 11 is 12.4. The molecule has 0 aliphatic heterocycles. The van der Waals surface area contributed by atoms with Gasteiger partial charge in [0.1, 0.15) is 0 Å². The Balaban J connectivity index is 1.83. The minimum Gasteiger partial charge on any atom is -0.344 e. The molecule has 1 N–H and O–H groups in total. The van der Waals surface area contributed by atoms with Crippen LogP contribution in [0.5, 0.6) is 0 Å². The van der Waals surface area contributed by atoms with Crippen molar-refractivity contribution in [1.29, 1.82) is 0 Å². The molecule has 2 aromatic carbocycles. The molecular weight excluding hydrogens is 305 g/mol. The number of halogens is 2. The van der Waals surface area contributed by atoms with Crippen molar-refractivity contribution in [2.45, 2.75) is 24.8 Å². The monoisotopic (exact) mass is 319 g/mol. The molecule has 0 aromatic heterocycles. The molecule has 1 aliphatic carbocycles. The number of aryl methyl sites for hydroxylation is 1. The number of benzene rings is 2. The summed E-state index contributed by atoms with van der Waals surface area (Å²) in [6, 6.07) is 13.2. The zero-order valence-electron chi connectivity index (χ0n) is 11.6. The largest absolute Gasteiger partial charge is 0.344 e. The lowest BCUT2D eigenvalue weighted by atomic mass is 10.1. The highest BCUT2D eigenvalue weighted by atomic mass is 35.5. The summed E-state index contributed by atoms with van der Waals surface area (Å²) in [6.45, 7) is 1.88. The Bertz CT molecular complexity index is 699. The van der Waals surface area contributed by atoms with Crippen molar-refractivity contribution < 1.29 is 4.79 Å². The summed E-state index contributed by atoms with van der Waals surface area (Å²) in [5.74, 6) is -0.123. The van der Waals surface area contributed by atoms with Crippen LogP contribution in [0.25, 0.3) is 0 Å². The van der Waals surface area contributed by atoms with Crippen molar-refractivity contribution in [2.75, 3.05) is 0 Å². The number of amides is 1. The molecule has 2 nitrogen and oxygen atoms in total. The third-order valence-electron chi connectivity index (χ3n) is 3.87. The van der Waals surface area contributed by atoms with E-state index in [-0.39, 0.29) is 17.3 Å². The van der Waals surface area contributed by atoms with E-state index in [1.54, 1.807) is 18.2 Å². The van der Waals surface area contributed by atoms with Gasteiger partial charge >= 0.3 is 0 Å². The SMILES string of the molecule is Cc1cc(C(=O)NC2c3ccccc3CC2Cl)ccc1Cl. The van der Waals surface area contributed by atoms with Gasteiger partial charge in [0.25, 0.3) is 5.91 Å². The van der Waals surface area contributed by atoms with Crippen LogP contribution in [-0.2, 0) is 6.42 Å². The summed E-state index contributed by atoms with van der Waals surface area (Å²) in [7, 11) is 0. The first-order valence-corrected chi connectivity index (χ1v) is 7.66. The smallest absolute Gasteiger partial charge is 0.251 e. The molecule has 1 amide bonds. The normalized spacial score (nSPS) is 20.1. The minimum absolute atomic E-state index is 0.111. The highest BCUT2D eigenvalue weighted by Crippen LogP contribution is 2.34. The minimum atomic E-state index is -0.147. The van der Waals surface area contributed by atoms with Crippen LogP contribution in [0, 0.1) is 6.92 Å². The van der Waals surface area contributed by atoms with E-state index >= 15 is 0 Å². The first-order chi connectivity index (χ1) is 10.1. The first kappa shape index (κ1) is 14.4. The molecule has 0 saturated heterocycles. The zero-order valence-corrected chi connectivity index (χ0v) is 13.1. The van der Waals surface area contributed by atoms with Gasteiger partial charge in [-0.2, -0.15) is 0 Å². The maximum atomic E-state index is 12.4. The van der Waals surface area contributed by atoms with Crippen LogP contribution in [0.2, 0.25) is 5.02 Å². The summed E-state index contributed by atoms with van der Waals surface area (Å²) in [5, 5.41) is 3.58. The van der Waals surface area contributed by atoms with Gasteiger partial charge in [-0.15, -0.1) is 11.6 Å². The number of rotatable bonds is 2. The Labute approximate surface area is 134 Å². The topological polar surface area (TPSA) is 29.1 Å². The quantitative estimate of drug-likeness (QED) is 0.822. The van der Waals surface area contributed by atoms with Crippen molar-refractivity contribution in [3.05, 3.63) is 69.7 Å². The Morgan fingerprint density at radius 3 is 2.76 bits per heavy atom. The fourth-order valence-corrected chi connectivity index (χ4v) is 3.21. The second-order valence-corrected chi connectivity index (χ2v) is 6.30. The number of hydrogen-bond donors (Lipinski definition) is 1. The van der Waals surface area contributed by atoms with Gasteiger partial charge in [0.05, 0.1) is 11.4 Å². The fraction of sp³-hybridized carbons (Fsp3) is 0.235. The maximum absolute atomic E-state index is 12.4. The highest BCUT2D eigenvalue weighted by molar-refractivity contribution is 6.31. The predicted molar refractivity (Wildman–Crippen MR) is 86.2 cm³/mol. The molecule has 0 saturated carbocycles. The molecule has 2 aromatic rings. The lowest BCUT2D eigenvalue weighted by molar-refractivity contribution is 0.0937. The Kier molecular flexibility index (Phi) is 3.92. The van der Waals surface area contributed by atoms with Gasteiger partial charge in [0, 0.05) is 10.6 Å². The van der Waals surface area contributed by atoms with Crippen LogP contribution in [-0.4, -0.2) is 11.3 Å². The standard InChI is InChI=1S/C17H15Cl2NO/c1-10-8-12(6-7-14(10)18)17(21)20-16-13-5-3-2-4-11(13)9-15(16)19/h2-8,15-16H,9H2,1H3,(H,20,21). The molecular formula is C17H15Cl2NO. The number of nitrogens with one attached hydrogen (secondary N) is 1.